The molecule has 5 rings (SSSR count). The van der Waals surface area contributed by atoms with Gasteiger partial charge in [0.1, 0.15) is 18.2 Å². The molecule has 0 radical (unpaired) electrons. The average molecular weight is 418 g/mol. The van der Waals surface area contributed by atoms with Crippen LogP contribution in [0.15, 0.2) is 109 Å². The van der Waals surface area contributed by atoms with Gasteiger partial charge in [0.15, 0.2) is 5.82 Å². The monoisotopic (exact) mass is 417 g/mol. The summed E-state index contributed by atoms with van der Waals surface area (Å²) in [6.07, 6.45) is 0. The van der Waals surface area contributed by atoms with Gasteiger partial charge in [-0.15, -0.1) is 10.2 Å². The van der Waals surface area contributed by atoms with Crippen molar-refractivity contribution in [2.75, 3.05) is 0 Å². The predicted octanol–water partition coefficient (Wildman–Crippen LogP) is 6.49. The molecular weight excluding hydrogens is 394 g/mol. The topological polar surface area (TPSA) is 39.9 Å². The summed E-state index contributed by atoms with van der Waals surface area (Å²) in [6, 6.07) is 37.0. The van der Waals surface area contributed by atoms with Gasteiger partial charge in [0.25, 0.3) is 0 Å². The van der Waals surface area contributed by atoms with E-state index in [0.717, 1.165) is 34.2 Å². The Morgan fingerprint density at radius 3 is 1.97 bits per heavy atom. The van der Waals surface area contributed by atoms with Crippen LogP contribution in [-0.4, -0.2) is 14.8 Å². The molecule has 0 amide bonds. The maximum Gasteiger partial charge on any atom is 0.168 e. The lowest BCUT2D eigenvalue weighted by Gasteiger charge is -2.15. The fourth-order valence-corrected chi connectivity index (χ4v) is 3.78. The second-order valence-corrected chi connectivity index (χ2v) is 7.59. The van der Waals surface area contributed by atoms with E-state index in [4.69, 9.17) is 4.74 Å². The maximum atomic E-state index is 6.19. The van der Waals surface area contributed by atoms with Crippen molar-refractivity contribution in [3.8, 4) is 34.0 Å². The highest BCUT2D eigenvalue weighted by Crippen LogP contribution is 2.30. The van der Waals surface area contributed by atoms with E-state index in [1.807, 2.05) is 55.5 Å². The second-order valence-electron chi connectivity index (χ2n) is 7.59. The second kappa shape index (κ2) is 8.90. The molecule has 4 nitrogen and oxygen atoms in total. The molecule has 32 heavy (non-hydrogen) atoms. The lowest BCUT2D eigenvalue weighted by atomic mass is 10.0. The summed E-state index contributed by atoms with van der Waals surface area (Å²) in [5, 5.41) is 8.85. The first-order valence-electron chi connectivity index (χ1n) is 10.6. The van der Waals surface area contributed by atoms with Gasteiger partial charge in [0.2, 0.25) is 0 Å². The van der Waals surface area contributed by atoms with Crippen LogP contribution in [-0.2, 0) is 6.61 Å². The van der Waals surface area contributed by atoms with Gasteiger partial charge in [-0.2, -0.15) is 0 Å². The number of benzene rings is 4. The van der Waals surface area contributed by atoms with E-state index in [1.165, 1.54) is 11.1 Å². The zero-order valence-corrected chi connectivity index (χ0v) is 17.8. The van der Waals surface area contributed by atoms with Crippen LogP contribution in [0.25, 0.3) is 28.2 Å². The molecule has 0 saturated carbocycles. The fourth-order valence-electron chi connectivity index (χ4n) is 3.78. The van der Waals surface area contributed by atoms with Gasteiger partial charge in [-0.1, -0.05) is 97.1 Å². The molecule has 0 aliphatic rings. The third-order valence-corrected chi connectivity index (χ3v) is 5.42. The molecule has 156 valence electrons. The molecule has 4 aromatic carbocycles. The average Bonchev–Trinajstić information content (AvgIpc) is 3.25. The van der Waals surface area contributed by atoms with E-state index in [0.29, 0.717) is 6.61 Å². The highest BCUT2D eigenvalue weighted by atomic mass is 16.5. The Bertz CT molecular complexity index is 1310. The number of hydrogen-bond acceptors (Lipinski definition) is 3. The molecular formula is C28H23N3O. The highest BCUT2D eigenvalue weighted by molar-refractivity contribution is 5.69. The van der Waals surface area contributed by atoms with Crippen molar-refractivity contribution in [3.63, 3.8) is 0 Å². The molecule has 1 heterocycles. The number of aryl methyl sites for hydroxylation is 1. The predicted molar refractivity (Wildman–Crippen MR) is 128 cm³/mol. The number of nitrogens with zero attached hydrogens (tertiary/aromatic N) is 3. The van der Waals surface area contributed by atoms with E-state index < -0.39 is 0 Å². The molecule has 0 bridgehead atoms. The fraction of sp³-hybridized carbons (Fsp3) is 0.0714. The minimum atomic E-state index is 0.500. The Kier molecular flexibility index (Phi) is 5.50. The summed E-state index contributed by atoms with van der Waals surface area (Å²) in [6.45, 7) is 2.46. The number of aromatic nitrogens is 3. The Hall–Kier alpha value is -4.18. The zero-order chi connectivity index (χ0) is 21.8. The van der Waals surface area contributed by atoms with Gasteiger partial charge in [-0.3, -0.25) is 4.57 Å². The molecule has 0 unspecified atom stereocenters. The normalized spacial score (nSPS) is 10.8. The summed E-state index contributed by atoms with van der Waals surface area (Å²) in [4.78, 5) is 0. The van der Waals surface area contributed by atoms with E-state index in [1.54, 1.807) is 0 Å². The first-order chi connectivity index (χ1) is 15.8. The molecule has 0 spiro atoms. The first-order valence-corrected chi connectivity index (χ1v) is 10.6. The summed E-state index contributed by atoms with van der Waals surface area (Å²) >= 11 is 0. The third-order valence-electron chi connectivity index (χ3n) is 5.42. The number of rotatable bonds is 6. The van der Waals surface area contributed by atoms with Crippen molar-refractivity contribution < 1.29 is 4.74 Å². The van der Waals surface area contributed by atoms with Gasteiger partial charge in [0.05, 0.1) is 5.69 Å². The Morgan fingerprint density at radius 1 is 0.625 bits per heavy atom. The van der Waals surface area contributed by atoms with E-state index in [2.05, 4.69) is 75.4 Å². The Morgan fingerprint density at radius 2 is 1.22 bits per heavy atom. The summed E-state index contributed by atoms with van der Waals surface area (Å²) in [7, 11) is 0. The van der Waals surface area contributed by atoms with Gasteiger partial charge in [0, 0.05) is 5.56 Å². The Balaban J connectivity index is 1.48. The van der Waals surface area contributed by atoms with Crippen LogP contribution in [0.1, 0.15) is 11.4 Å². The van der Waals surface area contributed by atoms with Crippen molar-refractivity contribution in [2.24, 2.45) is 0 Å². The van der Waals surface area contributed by atoms with Crippen molar-refractivity contribution in [1.29, 1.82) is 0 Å². The van der Waals surface area contributed by atoms with Crippen molar-refractivity contribution in [1.82, 2.24) is 14.8 Å². The van der Waals surface area contributed by atoms with Gasteiger partial charge < -0.3 is 4.74 Å². The van der Waals surface area contributed by atoms with Gasteiger partial charge in [-0.05, 0) is 35.7 Å². The number of hydrogen-bond donors (Lipinski definition) is 0. The summed E-state index contributed by atoms with van der Waals surface area (Å²) < 4.78 is 8.25. The molecule has 0 fully saturated rings. The first kappa shape index (κ1) is 19.8. The number of ether oxygens (including phenoxy) is 1. The summed E-state index contributed by atoms with van der Waals surface area (Å²) in [5.41, 5.74) is 5.41. The number of para-hydroxylation sites is 2. The van der Waals surface area contributed by atoms with Crippen LogP contribution in [0, 0.1) is 6.92 Å². The van der Waals surface area contributed by atoms with E-state index in [9.17, 15) is 0 Å². The van der Waals surface area contributed by atoms with Crippen LogP contribution in [0.5, 0.6) is 5.75 Å². The van der Waals surface area contributed by atoms with Crippen LogP contribution < -0.4 is 4.74 Å². The minimum absolute atomic E-state index is 0.500. The van der Waals surface area contributed by atoms with Crippen LogP contribution in [0.4, 0.5) is 0 Å². The molecule has 0 saturated heterocycles. The smallest absolute Gasteiger partial charge is 0.168 e. The molecule has 0 aliphatic heterocycles. The van der Waals surface area contributed by atoms with Gasteiger partial charge >= 0.3 is 0 Å². The van der Waals surface area contributed by atoms with Crippen molar-refractivity contribution in [2.45, 2.75) is 13.5 Å². The maximum absolute atomic E-state index is 6.19. The van der Waals surface area contributed by atoms with Crippen LogP contribution in [0.3, 0.4) is 0 Å². The Labute approximate surface area is 187 Å². The zero-order valence-electron chi connectivity index (χ0n) is 17.8. The highest BCUT2D eigenvalue weighted by Gasteiger charge is 2.16. The largest absolute Gasteiger partial charge is 0.487 e. The van der Waals surface area contributed by atoms with Crippen LogP contribution in [0.2, 0.25) is 0 Å². The van der Waals surface area contributed by atoms with Gasteiger partial charge in [-0.25, -0.2) is 0 Å². The molecule has 0 N–H and O–H groups in total. The molecule has 4 heteroatoms. The molecule has 5 aromatic rings. The molecule has 0 aliphatic carbocycles. The van der Waals surface area contributed by atoms with E-state index >= 15 is 0 Å². The summed E-state index contributed by atoms with van der Waals surface area (Å²) in [5.74, 6) is 2.39. The molecule has 0 atom stereocenters. The van der Waals surface area contributed by atoms with Crippen LogP contribution >= 0.6 is 0 Å². The van der Waals surface area contributed by atoms with Crippen molar-refractivity contribution >= 4 is 0 Å². The lowest BCUT2D eigenvalue weighted by molar-refractivity contribution is 0.305. The lowest BCUT2D eigenvalue weighted by Crippen LogP contribution is -2.04. The third kappa shape index (κ3) is 4.03. The molecule has 1 aromatic heterocycles. The minimum Gasteiger partial charge on any atom is -0.487 e. The van der Waals surface area contributed by atoms with Crippen molar-refractivity contribution in [3.05, 3.63) is 121 Å². The SMILES string of the molecule is Cc1nnc(-c2ccc(-c3ccccc3)cc2)n1-c1ccccc1OCc1ccccc1. The standard InChI is InChI=1S/C28H23N3O/c1-21-29-30-28(25-18-16-24(17-19-25)23-12-6-3-7-13-23)31(21)26-14-8-9-15-27(26)32-20-22-10-4-2-5-11-22/h2-19H,20H2,1H3. The van der Waals surface area contributed by atoms with E-state index in [-0.39, 0.29) is 0 Å². The quantitative estimate of drug-likeness (QED) is 0.317.